The van der Waals surface area contributed by atoms with Crippen LogP contribution in [-0.4, -0.2) is 105 Å². The second kappa shape index (κ2) is 21.8. The molecular formula is C53H70N4O6. The Balaban J connectivity index is 0.000000189. The highest BCUT2D eigenvalue weighted by Crippen LogP contribution is 2.43. The van der Waals surface area contributed by atoms with Crippen molar-refractivity contribution in [2.75, 3.05) is 46.3 Å². The summed E-state index contributed by atoms with van der Waals surface area (Å²) in [6.45, 7) is 4.55. The molecule has 4 aromatic carbocycles. The number of hydrogen-bond donors (Lipinski definition) is 5. The molecule has 0 radical (unpaired) electrons. The molecule has 4 aliphatic rings. The first kappa shape index (κ1) is 46.3. The molecule has 338 valence electrons. The lowest BCUT2D eigenvalue weighted by Crippen LogP contribution is -2.54. The third-order valence-corrected chi connectivity index (χ3v) is 14.6. The van der Waals surface area contributed by atoms with Crippen molar-refractivity contribution in [1.29, 1.82) is 0 Å². The molecule has 8 rings (SSSR count). The van der Waals surface area contributed by atoms with Gasteiger partial charge in [-0.2, -0.15) is 0 Å². The molecule has 2 amide bonds. The van der Waals surface area contributed by atoms with Crippen molar-refractivity contribution >= 4 is 11.8 Å². The molecule has 10 heteroatoms. The van der Waals surface area contributed by atoms with Crippen LogP contribution in [0.2, 0.25) is 0 Å². The van der Waals surface area contributed by atoms with E-state index in [9.17, 15) is 30.0 Å². The Kier molecular flexibility index (Phi) is 16.0. The fourth-order valence-electron chi connectivity index (χ4n) is 10.7. The van der Waals surface area contributed by atoms with E-state index in [2.05, 4.69) is 17.3 Å². The average Bonchev–Trinajstić information content (AvgIpc) is 4.09. The predicted octanol–water partition coefficient (Wildman–Crippen LogP) is 7.53. The summed E-state index contributed by atoms with van der Waals surface area (Å²) in [5, 5.41) is 46.0. The van der Waals surface area contributed by atoms with Gasteiger partial charge in [0.05, 0.1) is 0 Å². The van der Waals surface area contributed by atoms with Crippen LogP contribution >= 0.6 is 0 Å². The third-order valence-electron chi connectivity index (χ3n) is 14.6. The van der Waals surface area contributed by atoms with Crippen molar-refractivity contribution in [3.63, 3.8) is 0 Å². The number of carbonyl (C=O) groups excluding carboxylic acids is 2. The van der Waals surface area contributed by atoms with Crippen LogP contribution in [0.3, 0.4) is 0 Å². The zero-order valence-electron chi connectivity index (χ0n) is 37.3. The number of benzene rings is 4. The van der Waals surface area contributed by atoms with E-state index in [0.29, 0.717) is 49.8 Å². The number of aromatic hydroxyl groups is 2. The fourth-order valence-corrected chi connectivity index (χ4v) is 10.7. The van der Waals surface area contributed by atoms with Gasteiger partial charge in [0.25, 0.3) is 11.8 Å². The monoisotopic (exact) mass is 859 g/mol. The van der Waals surface area contributed by atoms with Crippen LogP contribution < -0.4 is 5.32 Å². The number of piperidine rings is 2. The molecule has 2 atom stereocenters. The number of carbonyl (C=O) groups is 2. The van der Waals surface area contributed by atoms with Crippen molar-refractivity contribution < 1.29 is 30.0 Å². The van der Waals surface area contributed by atoms with Crippen molar-refractivity contribution in [2.45, 2.75) is 113 Å². The van der Waals surface area contributed by atoms with Crippen LogP contribution in [0.15, 0.2) is 109 Å². The van der Waals surface area contributed by atoms with Crippen molar-refractivity contribution in [3.05, 3.63) is 131 Å². The number of nitrogens with zero attached hydrogens (tertiary/aromatic N) is 3. The van der Waals surface area contributed by atoms with E-state index in [1.165, 1.54) is 11.1 Å². The van der Waals surface area contributed by atoms with Crippen LogP contribution in [0.25, 0.3) is 0 Å². The van der Waals surface area contributed by atoms with Gasteiger partial charge in [-0.05, 0) is 124 Å². The highest BCUT2D eigenvalue weighted by molar-refractivity contribution is 5.87. The maximum absolute atomic E-state index is 13.7. The topological polar surface area (TPSA) is 137 Å². The lowest BCUT2D eigenvalue weighted by Gasteiger charge is -2.42. The molecule has 2 unspecified atom stereocenters. The van der Waals surface area contributed by atoms with E-state index in [4.69, 9.17) is 0 Å². The third kappa shape index (κ3) is 11.3. The van der Waals surface area contributed by atoms with Crippen LogP contribution in [0.5, 0.6) is 11.5 Å². The first-order chi connectivity index (χ1) is 30.5. The first-order valence-corrected chi connectivity index (χ1v) is 23.7. The lowest BCUT2D eigenvalue weighted by atomic mass is 9.78. The average molecular weight is 859 g/mol. The SMILES string of the molecule is CN(CCc1ccc(O)cc1)C1CCN(C(=O)C(O)(c2ccccc2)C2CCCC2)CC1.O=C(N1CCC(NCCc2ccc(O)cc2)CC1)C(O)(c1ccccc1)C1CCCC1. The highest BCUT2D eigenvalue weighted by atomic mass is 16.3. The summed E-state index contributed by atoms with van der Waals surface area (Å²) in [5.74, 6) is 0.370. The Bertz CT molecular complexity index is 2010. The molecule has 10 nitrogen and oxygen atoms in total. The van der Waals surface area contributed by atoms with Crippen molar-refractivity contribution in [3.8, 4) is 11.5 Å². The second-order valence-electron chi connectivity index (χ2n) is 18.6. The van der Waals surface area contributed by atoms with E-state index in [1.54, 1.807) is 24.3 Å². The van der Waals surface area contributed by atoms with Gasteiger partial charge in [0.1, 0.15) is 11.5 Å². The molecule has 4 fully saturated rings. The zero-order chi connectivity index (χ0) is 44.2. The number of likely N-dealkylation sites (N-methyl/N-ethyl adjacent to an activating group) is 1. The largest absolute Gasteiger partial charge is 0.508 e. The highest BCUT2D eigenvalue weighted by Gasteiger charge is 2.50. The Morgan fingerprint density at radius 2 is 0.968 bits per heavy atom. The van der Waals surface area contributed by atoms with Crippen molar-refractivity contribution in [2.24, 2.45) is 11.8 Å². The molecule has 2 saturated carbocycles. The van der Waals surface area contributed by atoms with Gasteiger partial charge in [0, 0.05) is 56.6 Å². The number of phenolic OH excluding ortho intramolecular Hbond substituents is 2. The van der Waals surface area contributed by atoms with Gasteiger partial charge in [-0.25, -0.2) is 0 Å². The first-order valence-electron chi connectivity index (χ1n) is 23.7. The molecule has 2 heterocycles. The molecule has 2 aliphatic heterocycles. The van der Waals surface area contributed by atoms with E-state index in [-0.39, 0.29) is 23.7 Å². The smallest absolute Gasteiger partial charge is 0.259 e. The molecule has 0 spiro atoms. The number of rotatable bonds is 14. The van der Waals surface area contributed by atoms with Gasteiger partial charge in [0.15, 0.2) is 11.2 Å². The Labute approximate surface area is 374 Å². The van der Waals surface area contributed by atoms with E-state index in [0.717, 1.165) is 114 Å². The summed E-state index contributed by atoms with van der Waals surface area (Å²) in [6.07, 6.45) is 13.5. The molecule has 63 heavy (non-hydrogen) atoms. The number of phenols is 2. The van der Waals surface area contributed by atoms with E-state index in [1.807, 2.05) is 94.7 Å². The quantitative estimate of drug-likeness (QED) is 0.0879. The minimum atomic E-state index is -1.41. The van der Waals surface area contributed by atoms with Crippen molar-refractivity contribution in [1.82, 2.24) is 20.0 Å². The minimum Gasteiger partial charge on any atom is -0.508 e. The summed E-state index contributed by atoms with van der Waals surface area (Å²) in [4.78, 5) is 33.4. The summed E-state index contributed by atoms with van der Waals surface area (Å²) in [7, 11) is 2.15. The fraction of sp³-hybridized carbons (Fsp3) is 0.509. The summed E-state index contributed by atoms with van der Waals surface area (Å²) in [5.41, 5.74) is 1.08. The lowest BCUT2D eigenvalue weighted by molar-refractivity contribution is -0.161. The van der Waals surface area contributed by atoms with Gasteiger partial charge in [-0.15, -0.1) is 0 Å². The van der Waals surface area contributed by atoms with E-state index >= 15 is 0 Å². The normalized spacial score (nSPS) is 19.9. The molecule has 5 N–H and O–H groups in total. The van der Waals surface area contributed by atoms with Gasteiger partial charge in [-0.3, -0.25) is 9.59 Å². The molecular weight excluding hydrogens is 789 g/mol. The Morgan fingerprint density at radius 1 is 0.571 bits per heavy atom. The number of likely N-dealkylation sites (tertiary alicyclic amines) is 2. The summed E-state index contributed by atoms with van der Waals surface area (Å²) >= 11 is 0. The molecule has 2 aliphatic carbocycles. The molecule has 0 aromatic heterocycles. The van der Waals surface area contributed by atoms with Gasteiger partial charge >= 0.3 is 0 Å². The Hall–Kier alpha value is -4.74. The number of aliphatic hydroxyl groups is 2. The maximum atomic E-state index is 13.7. The Morgan fingerprint density at radius 3 is 1.40 bits per heavy atom. The maximum Gasteiger partial charge on any atom is 0.259 e. The number of nitrogens with one attached hydrogen (secondary N) is 1. The standard InChI is InChI=1S/C27H36N2O3.C26H34N2O3/c1-28(18-15-21-11-13-25(30)14-12-21)24-16-19-29(20-17-24)26(31)27(32,23-9-5-6-10-23)22-7-3-2-4-8-22;29-24-12-10-20(11-13-24)14-17-27-23-15-18-28(19-16-23)25(30)26(31,22-8-4-5-9-22)21-6-2-1-3-7-21/h2-4,7-8,11-14,23-24,30,32H,5-6,9-10,15-20H2,1H3;1-3,6-7,10-13,22-23,27,29,31H,4-5,8-9,14-19H2. The molecule has 0 bridgehead atoms. The second-order valence-corrected chi connectivity index (χ2v) is 18.6. The van der Waals surface area contributed by atoms with Gasteiger partial charge in [-0.1, -0.05) is 111 Å². The van der Waals surface area contributed by atoms with Crippen LogP contribution in [0, 0.1) is 11.8 Å². The zero-order valence-corrected chi connectivity index (χ0v) is 37.3. The number of hydrogen-bond acceptors (Lipinski definition) is 8. The van der Waals surface area contributed by atoms with Gasteiger partial charge in [0.2, 0.25) is 0 Å². The molecule has 4 aromatic rings. The predicted molar refractivity (Wildman–Crippen MR) is 248 cm³/mol. The molecule has 2 saturated heterocycles. The summed E-state index contributed by atoms with van der Waals surface area (Å²) < 4.78 is 0. The number of amides is 2. The van der Waals surface area contributed by atoms with Gasteiger partial charge < -0.3 is 40.4 Å². The van der Waals surface area contributed by atoms with E-state index < -0.39 is 11.2 Å². The minimum absolute atomic E-state index is 0.00288. The van der Waals surface area contributed by atoms with Crippen LogP contribution in [0.1, 0.15) is 99.3 Å². The summed E-state index contributed by atoms with van der Waals surface area (Å²) in [6, 6.07) is 34.7. The van der Waals surface area contributed by atoms with Crippen LogP contribution in [0.4, 0.5) is 0 Å². The van der Waals surface area contributed by atoms with Crippen LogP contribution in [-0.2, 0) is 33.6 Å².